The summed E-state index contributed by atoms with van der Waals surface area (Å²) in [4.78, 5) is 249. The molecule has 23 N–H and O–H groups in total. The summed E-state index contributed by atoms with van der Waals surface area (Å²) in [6.07, 6.45) is -1.04. The first kappa shape index (κ1) is 103. The van der Waals surface area contributed by atoms with Crippen LogP contribution in [0.25, 0.3) is 11.1 Å². The minimum atomic E-state index is -1.98. The molecule has 5 aromatic rings. The molecule has 39 nitrogen and oxygen atoms in total. The number of nitrogens with two attached hydrogens (primary N) is 2. The van der Waals surface area contributed by atoms with Crippen molar-refractivity contribution in [1.82, 2.24) is 79.1 Å². The van der Waals surface area contributed by atoms with Crippen LogP contribution < -0.4 is 80.6 Å². The number of hydrogen-bond acceptors (Lipinski definition) is 21. The minimum Gasteiger partial charge on any atom is -0.508 e. The molecule has 1 saturated heterocycles. The lowest BCUT2D eigenvalue weighted by atomic mass is 9.92. The summed E-state index contributed by atoms with van der Waals surface area (Å²) in [6, 6.07) is 11.3. The molecule has 0 radical (unpaired) electrons. The Balaban J connectivity index is 1.45. The normalized spacial score (nSPS) is 22.7. The van der Waals surface area contributed by atoms with E-state index >= 15 is 14.4 Å². The minimum absolute atomic E-state index is 0.00641. The number of carboxylic acids is 3. The average molecular weight is 1800 g/mol. The van der Waals surface area contributed by atoms with Gasteiger partial charge in [-0.15, -0.1) is 11.8 Å². The molecule has 0 spiro atoms. The number of aromatic nitrogens is 2. The fraction of sp³-hybridized carbons (Fsp3) is 0.489. The van der Waals surface area contributed by atoms with Gasteiger partial charge >= 0.3 is 17.9 Å². The first-order chi connectivity index (χ1) is 60.9. The number of aliphatic carboxylic acids is 3. The van der Waals surface area contributed by atoms with E-state index < -0.39 is 247 Å². The smallest absolute Gasteiger partial charge is 0.305 e. The molecular formula is C88H120N18O21S. The molecule has 0 saturated carbocycles. The Bertz CT molecular complexity index is 4600. The number of carbonyl (C=O) groups is 17. The second-order valence-corrected chi connectivity index (χ2v) is 33.3. The number of nitrogens with zero attached hydrogens (tertiary/aromatic N) is 1. The molecule has 1 aliphatic rings. The summed E-state index contributed by atoms with van der Waals surface area (Å²) in [5.74, 6) is -24.0. The predicted octanol–water partition coefficient (Wildman–Crippen LogP) is 1.23. The Hall–Kier alpha value is -13.3. The average Bonchev–Trinajstić information content (AvgIpc) is 0.949. The van der Waals surface area contributed by atoms with Crippen molar-refractivity contribution in [2.45, 2.75) is 236 Å². The van der Waals surface area contributed by atoms with Gasteiger partial charge in [-0.25, -0.2) is 4.98 Å². The second kappa shape index (κ2) is 53.2. The molecule has 0 unspecified atom stereocenters. The molecule has 1 aromatic heterocycles. The number of thioether (sulfide) groups is 1. The Kier molecular flexibility index (Phi) is 43.0. The van der Waals surface area contributed by atoms with Crippen LogP contribution in [0.5, 0.6) is 5.75 Å². The molecule has 13 atom stereocenters. The first-order valence-electron chi connectivity index (χ1n) is 42.6. The van der Waals surface area contributed by atoms with E-state index in [2.05, 4.69) is 79.1 Å². The van der Waals surface area contributed by atoms with Gasteiger partial charge < -0.3 is 106 Å². The molecule has 2 heterocycles. The number of hydrogen-bond donors (Lipinski definition) is 21. The maximum atomic E-state index is 15.3. The lowest BCUT2D eigenvalue weighted by Gasteiger charge is -2.29. The maximum absolute atomic E-state index is 15.3. The molecule has 0 bridgehead atoms. The van der Waals surface area contributed by atoms with Crippen LogP contribution in [-0.2, 0) is 107 Å². The van der Waals surface area contributed by atoms with Gasteiger partial charge in [-0.05, 0) is 110 Å². The van der Waals surface area contributed by atoms with Crippen LogP contribution in [0.4, 0.5) is 0 Å². The molecule has 13 amide bonds. The van der Waals surface area contributed by atoms with Crippen LogP contribution in [0.15, 0.2) is 122 Å². The highest BCUT2D eigenvalue weighted by Gasteiger charge is 2.40. The fourth-order valence-corrected chi connectivity index (χ4v) is 14.8. The highest BCUT2D eigenvalue weighted by atomic mass is 32.2. The largest absolute Gasteiger partial charge is 0.508 e. The number of aromatic amines is 1. The quantitative estimate of drug-likeness (QED) is 0.0168. The first-order valence-corrected chi connectivity index (χ1v) is 43.7. The van der Waals surface area contributed by atoms with Crippen molar-refractivity contribution in [3.63, 3.8) is 0 Å². The summed E-state index contributed by atoms with van der Waals surface area (Å²) >= 11 is 0.732. The SMILES string of the molecule is CCCCC[C@@H]1NC(=O)[C@H](CCCNC(=N)N)NC(=O)[C@H](C)NC(=O)CSC[C@@H](C(N)=O)NC(=O)[C@H](CC(=O)O)NC(=O)[C@H](CCCCc2ccccc2)NC(=O)[C@H](Cc2ccc(-c3ccccc3)cc2)NC(=O)[C@H](CC(C)C)NC(=O)[C@H](C(C)C)NC(=O)[C@H](CCC(=O)O)NC(=O)[C@H](CC(=O)O)CC(=O)[C@H](Cc2c[nH]cn2)NC(=O)[C@H](Cc2ccc(O)cc2)NC1=O. The number of H-pyrrole nitrogens is 1. The molecule has 4 aromatic carbocycles. The van der Waals surface area contributed by atoms with Crippen molar-refractivity contribution in [1.29, 1.82) is 5.41 Å². The van der Waals surface area contributed by atoms with E-state index in [1.54, 1.807) is 38.1 Å². The number of nitrogens with one attached hydrogen (secondary N) is 15. The third-order valence-corrected chi connectivity index (χ3v) is 21.9. The molecule has 0 aliphatic carbocycles. The van der Waals surface area contributed by atoms with Crippen molar-refractivity contribution in [2.24, 2.45) is 29.2 Å². The topological polar surface area (TPSA) is 632 Å². The molecular weight excluding hydrogens is 1680 g/mol. The van der Waals surface area contributed by atoms with Crippen molar-refractivity contribution in [3.05, 3.63) is 144 Å². The number of benzene rings is 4. The highest BCUT2D eigenvalue weighted by molar-refractivity contribution is 8.00. The standard InChI is InChI=1S/C88H120N18O21S/c1-7-8-11-24-60-80(120)101-67(40-54-29-33-59(107)34-30-54)85(125)100-64(43-58-45-92-48-94-58)70(108)41-57(42-73(112)113)78(118)97-63(35-36-72(110)111)82(122)106-75(50(4)5)87(127)104-65(38-49(2)3)83(123)102-66(39-53-27-31-56(32-28-53)55-22-14-10-15-23-55)84(124)99-61(25-17-16-21-52-19-12-9-13-20-52)81(121)103-68(44-74(114)115)86(126)105-69(76(89)116)46-128-47-71(109)95-51(6)77(117)96-62(79(119)98-60)26-18-37-93-88(90)91/h9-10,12-15,19-20,22-23,27-34,45,48-51,57,60-69,75,107H,7-8,11,16-18,21,24-26,35-44,46-47H2,1-6H3,(H2,89,116)(H,92,94)(H,95,109)(H,96,117)(H,97,118)(H,98,119)(H,99,124)(H,100,125)(H,101,120)(H,102,123)(H,103,121)(H,104,127)(H,105,126)(H,106,122)(H,110,111)(H,112,113)(H,114,115)(H4,90,91,93)/t51-,57-,60-,61-,62-,63-,64-,65-,66-,67-,68-,69-,75-/m0/s1. The predicted molar refractivity (Wildman–Crippen MR) is 471 cm³/mol. The van der Waals surface area contributed by atoms with Crippen molar-refractivity contribution >= 4 is 118 Å². The summed E-state index contributed by atoms with van der Waals surface area (Å²) in [5, 5.41) is 82.0. The van der Waals surface area contributed by atoms with E-state index in [1.165, 1.54) is 57.6 Å². The molecule has 40 heteroatoms. The van der Waals surface area contributed by atoms with Gasteiger partial charge in [0.25, 0.3) is 0 Å². The Labute approximate surface area is 745 Å². The van der Waals surface area contributed by atoms with Crippen LogP contribution in [0, 0.1) is 23.2 Å². The summed E-state index contributed by atoms with van der Waals surface area (Å²) in [5.41, 5.74) is 14.8. The van der Waals surface area contributed by atoms with Crippen LogP contribution in [0.2, 0.25) is 0 Å². The van der Waals surface area contributed by atoms with Gasteiger partial charge in [-0.1, -0.05) is 157 Å². The third kappa shape index (κ3) is 36.7. The number of phenols is 1. The number of primary amides is 1. The summed E-state index contributed by atoms with van der Waals surface area (Å²) in [7, 11) is 0. The van der Waals surface area contributed by atoms with E-state index in [0.717, 1.165) is 28.5 Å². The number of Topliss-reactive ketones (excluding diaryl/α,β-unsaturated/α-hetero) is 1. The van der Waals surface area contributed by atoms with Gasteiger partial charge in [-0.2, -0.15) is 0 Å². The number of carboxylic acid groups (broad SMARTS) is 3. The van der Waals surface area contributed by atoms with Gasteiger partial charge in [0.2, 0.25) is 76.8 Å². The molecule has 1 fully saturated rings. The number of phenolic OH excluding ortho intramolecular Hbond substituents is 1. The van der Waals surface area contributed by atoms with E-state index in [-0.39, 0.29) is 69.4 Å². The van der Waals surface area contributed by atoms with Crippen LogP contribution in [0.1, 0.15) is 160 Å². The zero-order valence-electron chi connectivity index (χ0n) is 72.5. The Morgan fingerprint density at radius 1 is 0.492 bits per heavy atom. The lowest BCUT2D eigenvalue weighted by Crippen LogP contribution is -2.61. The maximum Gasteiger partial charge on any atom is 0.305 e. The van der Waals surface area contributed by atoms with Crippen LogP contribution in [-0.4, -0.2) is 227 Å². The van der Waals surface area contributed by atoms with Crippen LogP contribution >= 0.6 is 11.8 Å². The lowest BCUT2D eigenvalue weighted by molar-refractivity contribution is -0.143. The Morgan fingerprint density at radius 2 is 0.969 bits per heavy atom. The zero-order chi connectivity index (χ0) is 94.1. The molecule has 694 valence electrons. The number of ketones is 1. The van der Waals surface area contributed by atoms with E-state index in [9.17, 15) is 87.5 Å². The summed E-state index contributed by atoms with van der Waals surface area (Å²) < 4.78 is 0. The number of amides is 13. The van der Waals surface area contributed by atoms with E-state index in [1.807, 2.05) is 67.6 Å². The number of carbonyl (C=O) groups excluding carboxylic acids is 14. The molecule has 6 rings (SSSR count). The zero-order valence-corrected chi connectivity index (χ0v) is 73.3. The van der Waals surface area contributed by atoms with E-state index in [0.29, 0.717) is 43.2 Å². The highest BCUT2D eigenvalue weighted by Crippen LogP contribution is 2.23. The fourth-order valence-electron chi connectivity index (χ4n) is 13.9. The van der Waals surface area contributed by atoms with Gasteiger partial charge in [-0.3, -0.25) is 86.9 Å². The van der Waals surface area contributed by atoms with Gasteiger partial charge in [0, 0.05) is 50.6 Å². The number of rotatable bonds is 31. The van der Waals surface area contributed by atoms with Crippen molar-refractivity contribution < 1.29 is 102 Å². The van der Waals surface area contributed by atoms with Crippen molar-refractivity contribution in [3.8, 4) is 16.9 Å². The monoisotopic (exact) mass is 1800 g/mol. The number of aromatic hydroxyl groups is 1. The molecule has 1 aliphatic heterocycles. The summed E-state index contributed by atoms with van der Waals surface area (Å²) in [6.45, 7) is 9.59. The van der Waals surface area contributed by atoms with Gasteiger partial charge in [0.15, 0.2) is 11.7 Å². The van der Waals surface area contributed by atoms with Gasteiger partial charge in [0.05, 0.1) is 42.6 Å². The van der Waals surface area contributed by atoms with Crippen LogP contribution in [0.3, 0.4) is 0 Å². The number of unbranched alkanes of at least 4 members (excludes halogenated alkanes) is 3. The van der Waals surface area contributed by atoms with E-state index in [4.69, 9.17) is 16.9 Å². The number of guanidine groups is 1. The third-order valence-electron chi connectivity index (χ3n) is 20.9. The number of imidazole rings is 1. The second-order valence-electron chi connectivity index (χ2n) is 32.3. The molecule has 128 heavy (non-hydrogen) atoms. The number of aryl methyl sites for hydroxylation is 1. The Morgan fingerprint density at radius 3 is 1.50 bits per heavy atom. The van der Waals surface area contributed by atoms with Gasteiger partial charge in [0.1, 0.15) is 72.2 Å². The van der Waals surface area contributed by atoms with Crippen molar-refractivity contribution in [2.75, 3.05) is 18.1 Å².